The van der Waals surface area contributed by atoms with Crippen molar-refractivity contribution < 1.29 is 9.84 Å². The number of rotatable bonds is 6. The Hall–Kier alpha value is -1.26. The molecule has 0 unspecified atom stereocenters. The van der Waals surface area contributed by atoms with E-state index in [4.69, 9.17) is 4.74 Å². The lowest BCUT2D eigenvalue weighted by Gasteiger charge is -2.33. The van der Waals surface area contributed by atoms with Crippen molar-refractivity contribution in [2.24, 2.45) is 5.92 Å². The van der Waals surface area contributed by atoms with E-state index in [2.05, 4.69) is 23.9 Å². The third-order valence-electron chi connectivity index (χ3n) is 4.11. The van der Waals surface area contributed by atoms with E-state index in [0.29, 0.717) is 18.1 Å². The third-order valence-corrected chi connectivity index (χ3v) is 4.11. The molecule has 0 bridgehead atoms. The van der Waals surface area contributed by atoms with Crippen LogP contribution in [0.3, 0.4) is 0 Å². The number of hydrogen-bond donors (Lipinski definition) is 1. The lowest BCUT2D eigenvalue weighted by Crippen LogP contribution is -2.36. The van der Waals surface area contributed by atoms with Crippen molar-refractivity contribution in [3.05, 3.63) is 23.8 Å². The van der Waals surface area contributed by atoms with Gasteiger partial charge in [-0.3, -0.25) is 4.90 Å². The molecule has 0 atom stereocenters. The number of benzene rings is 1. The highest BCUT2D eigenvalue weighted by Crippen LogP contribution is 2.31. The Morgan fingerprint density at radius 2 is 2.00 bits per heavy atom. The van der Waals surface area contributed by atoms with Gasteiger partial charge in [0.1, 0.15) is 0 Å². The van der Waals surface area contributed by atoms with Crippen molar-refractivity contribution in [3.63, 3.8) is 0 Å². The monoisotopic (exact) mass is 292 g/mol. The van der Waals surface area contributed by atoms with Crippen LogP contribution in [0.2, 0.25) is 0 Å². The second-order valence-corrected chi connectivity index (χ2v) is 6.18. The van der Waals surface area contributed by atoms with Crippen LogP contribution in [0.1, 0.15) is 25.3 Å². The Bertz CT molecular complexity index is 440. The number of nitrogens with zero attached hydrogens (tertiary/aromatic N) is 2. The number of ether oxygens (including phenoxy) is 1. The average molecular weight is 292 g/mol. The van der Waals surface area contributed by atoms with E-state index in [1.807, 2.05) is 25.1 Å². The number of aromatic hydroxyl groups is 1. The summed E-state index contributed by atoms with van der Waals surface area (Å²) in [5.74, 6) is 1.70. The smallest absolute Gasteiger partial charge is 0.162 e. The Balaban J connectivity index is 1.90. The van der Waals surface area contributed by atoms with Gasteiger partial charge >= 0.3 is 0 Å². The molecule has 0 aliphatic carbocycles. The second kappa shape index (κ2) is 7.66. The molecule has 1 saturated heterocycles. The zero-order valence-corrected chi connectivity index (χ0v) is 13.5. The van der Waals surface area contributed by atoms with Crippen molar-refractivity contribution in [1.29, 1.82) is 0 Å². The molecule has 118 valence electrons. The van der Waals surface area contributed by atoms with Gasteiger partial charge in [0.05, 0.1) is 6.61 Å². The number of para-hydroxylation sites is 1. The first-order valence-electron chi connectivity index (χ1n) is 7.91. The summed E-state index contributed by atoms with van der Waals surface area (Å²) in [6, 6.07) is 5.77. The van der Waals surface area contributed by atoms with Gasteiger partial charge in [-0.2, -0.15) is 0 Å². The molecule has 1 N–H and O–H groups in total. The highest BCUT2D eigenvalue weighted by atomic mass is 16.5. The lowest BCUT2D eigenvalue weighted by atomic mass is 9.96. The average Bonchev–Trinajstić information content (AvgIpc) is 2.45. The Labute approximate surface area is 128 Å². The van der Waals surface area contributed by atoms with Gasteiger partial charge in [-0.15, -0.1) is 0 Å². The van der Waals surface area contributed by atoms with Crippen molar-refractivity contribution >= 4 is 0 Å². The maximum Gasteiger partial charge on any atom is 0.162 e. The Morgan fingerprint density at radius 3 is 2.62 bits per heavy atom. The molecule has 21 heavy (non-hydrogen) atoms. The van der Waals surface area contributed by atoms with Gasteiger partial charge in [0, 0.05) is 18.7 Å². The molecule has 0 radical (unpaired) electrons. The van der Waals surface area contributed by atoms with Crippen molar-refractivity contribution in [2.45, 2.75) is 26.3 Å². The predicted octanol–water partition coefficient (Wildman–Crippen LogP) is 2.56. The first-order valence-corrected chi connectivity index (χ1v) is 7.91. The van der Waals surface area contributed by atoms with E-state index < -0.39 is 0 Å². The molecule has 1 aromatic carbocycles. The SMILES string of the molecule is CCOc1cccc(CN2CCC(CN(C)C)CC2)c1O. The fourth-order valence-electron chi connectivity index (χ4n) is 3.05. The minimum atomic E-state index is 0.301. The summed E-state index contributed by atoms with van der Waals surface area (Å²) in [5, 5.41) is 10.3. The van der Waals surface area contributed by atoms with E-state index in [9.17, 15) is 5.11 Å². The summed E-state index contributed by atoms with van der Waals surface area (Å²) in [6.07, 6.45) is 2.48. The van der Waals surface area contributed by atoms with Crippen molar-refractivity contribution in [3.8, 4) is 11.5 Å². The van der Waals surface area contributed by atoms with Crippen LogP contribution in [-0.2, 0) is 6.54 Å². The van der Waals surface area contributed by atoms with E-state index in [-0.39, 0.29) is 0 Å². The van der Waals surface area contributed by atoms with Crippen LogP contribution in [0.5, 0.6) is 11.5 Å². The van der Waals surface area contributed by atoms with Gasteiger partial charge in [-0.25, -0.2) is 0 Å². The number of hydrogen-bond acceptors (Lipinski definition) is 4. The molecular formula is C17H28N2O2. The number of likely N-dealkylation sites (tertiary alicyclic amines) is 1. The largest absolute Gasteiger partial charge is 0.504 e. The van der Waals surface area contributed by atoms with Gasteiger partial charge in [0.15, 0.2) is 11.5 Å². The van der Waals surface area contributed by atoms with Gasteiger partial charge in [-0.05, 0) is 58.9 Å². The summed E-state index contributed by atoms with van der Waals surface area (Å²) >= 11 is 0. The Kier molecular flexibility index (Phi) is 5.88. The van der Waals surface area contributed by atoms with E-state index in [1.165, 1.54) is 19.4 Å². The zero-order chi connectivity index (χ0) is 15.2. The van der Waals surface area contributed by atoms with E-state index >= 15 is 0 Å². The summed E-state index contributed by atoms with van der Waals surface area (Å²) < 4.78 is 5.45. The van der Waals surface area contributed by atoms with Crippen LogP contribution in [0.4, 0.5) is 0 Å². The van der Waals surface area contributed by atoms with Crippen LogP contribution in [0.15, 0.2) is 18.2 Å². The third kappa shape index (κ3) is 4.61. The summed E-state index contributed by atoms with van der Waals surface area (Å²) in [5.41, 5.74) is 0.965. The first kappa shape index (κ1) is 16.1. The second-order valence-electron chi connectivity index (χ2n) is 6.18. The van der Waals surface area contributed by atoms with Crippen LogP contribution in [-0.4, -0.2) is 55.2 Å². The molecule has 1 fully saturated rings. The van der Waals surface area contributed by atoms with Crippen LogP contribution in [0, 0.1) is 5.92 Å². The molecule has 2 rings (SSSR count). The highest BCUT2D eigenvalue weighted by Gasteiger charge is 2.20. The number of phenols is 1. The van der Waals surface area contributed by atoms with Crippen LogP contribution >= 0.6 is 0 Å². The summed E-state index contributed by atoms with van der Waals surface area (Å²) in [6.45, 7) is 6.71. The first-order chi connectivity index (χ1) is 10.1. The van der Waals surface area contributed by atoms with Crippen molar-refractivity contribution in [1.82, 2.24) is 9.80 Å². The molecule has 1 aromatic rings. The molecule has 1 aliphatic heterocycles. The van der Waals surface area contributed by atoms with Crippen LogP contribution < -0.4 is 4.74 Å². The summed E-state index contributed by atoms with van der Waals surface area (Å²) in [7, 11) is 4.28. The maximum atomic E-state index is 10.3. The number of piperidine rings is 1. The van der Waals surface area contributed by atoms with Crippen molar-refractivity contribution in [2.75, 3.05) is 40.3 Å². The fraction of sp³-hybridized carbons (Fsp3) is 0.647. The topological polar surface area (TPSA) is 35.9 Å². The zero-order valence-electron chi connectivity index (χ0n) is 13.5. The molecule has 4 heteroatoms. The molecule has 4 nitrogen and oxygen atoms in total. The highest BCUT2D eigenvalue weighted by molar-refractivity contribution is 5.45. The predicted molar refractivity (Wildman–Crippen MR) is 85.8 cm³/mol. The van der Waals surface area contributed by atoms with Gasteiger partial charge in [0.25, 0.3) is 0 Å². The minimum absolute atomic E-state index is 0.301. The molecule has 0 saturated carbocycles. The maximum absolute atomic E-state index is 10.3. The van der Waals surface area contributed by atoms with E-state index in [1.54, 1.807) is 0 Å². The Morgan fingerprint density at radius 1 is 1.29 bits per heavy atom. The fourth-order valence-corrected chi connectivity index (χ4v) is 3.05. The van der Waals surface area contributed by atoms with Crippen LogP contribution in [0.25, 0.3) is 0 Å². The number of phenolic OH excluding ortho intramolecular Hbond substituents is 1. The quantitative estimate of drug-likeness (QED) is 0.874. The normalized spacial score (nSPS) is 17.3. The molecule has 0 amide bonds. The van der Waals surface area contributed by atoms with E-state index in [0.717, 1.165) is 31.1 Å². The molecule has 0 spiro atoms. The molecule has 0 aromatic heterocycles. The minimum Gasteiger partial charge on any atom is -0.504 e. The molecule has 1 aliphatic rings. The molecular weight excluding hydrogens is 264 g/mol. The van der Waals surface area contributed by atoms with Gasteiger partial charge in [-0.1, -0.05) is 12.1 Å². The lowest BCUT2D eigenvalue weighted by molar-refractivity contribution is 0.155. The molecule has 1 heterocycles. The standard InChI is InChI=1S/C17H28N2O2/c1-4-21-16-7-5-6-15(17(16)20)13-19-10-8-14(9-11-19)12-18(2)3/h5-7,14,20H,4,8-13H2,1-3H3. The van der Waals surface area contributed by atoms with Gasteiger partial charge in [0.2, 0.25) is 0 Å². The van der Waals surface area contributed by atoms with Gasteiger partial charge < -0.3 is 14.7 Å². The summed E-state index contributed by atoms with van der Waals surface area (Å²) in [4.78, 5) is 4.70.